The van der Waals surface area contributed by atoms with Crippen LogP contribution in [0, 0.1) is 0 Å². The van der Waals surface area contributed by atoms with Crippen molar-refractivity contribution in [1.82, 2.24) is 9.78 Å². The molecular formula is C14H19N3O2. The van der Waals surface area contributed by atoms with Crippen molar-refractivity contribution in [3.63, 3.8) is 0 Å². The summed E-state index contributed by atoms with van der Waals surface area (Å²) < 4.78 is 7.11. The highest BCUT2D eigenvalue weighted by molar-refractivity contribution is 5.45. The Balaban J connectivity index is 2.63. The van der Waals surface area contributed by atoms with Gasteiger partial charge in [-0.25, -0.2) is 4.68 Å². The Morgan fingerprint density at radius 2 is 2.16 bits per heavy atom. The average molecular weight is 261 g/mol. The number of phenolic OH excluding ortho intramolecular Hbond substituents is 1. The molecule has 0 fully saturated rings. The molecule has 1 aromatic carbocycles. The molecule has 19 heavy (non-hydrogen) atoms. The van der Waals surface area contributed by atoms with Crippen LogP contribution in [0.2, 0.25) is 0 Å². The van der Waals surface area contributed by atoms with Crippen LogP contribution in [-0.2, 0) is 6.54 Å². The molecule has 102 valence electrons. The normalized spacial score (nSPS) is 11.0. The van der Waals surface area contributed by atoms with E-state index in [1.54, 1.807) is 30.0 Å². The van der Waals surface area contributed by atoms with Crippen LogP contribution in [0.4, 0.5) is 0 Å². The molecule has 3 N–H and O–H groups in total. The maximum Gasteiger partial charge on any atom is 0.221 e. The van der Waals surface area contributed by atoms with Crippen LogP contribution in [0.3, 0.4) is 0 Å². The summed E-state index contributed by atoms with van der Waals surface area (Å²) in [5.74, 6) is 1.07. The van der Waals surface area contributed by atoms with E-state index in [9.17, 15) is 5.11 Å². The van der Waals surface area contributed by atoms with Crippen LogP contribution in [0.5, 0.6) is 11.6 Å². The summed E-state index contributed by atoms with van der Waals surface area (Å²) >= 11 is 0. The molecule has 1 aromatic heterocycles. The van der Waals surface area contributed by atoms with Crippen molar-refractivity contribution in [3.8, 4) is 17.3 Å². The Morgan fingerprint density at radius 1 is 1.42 bits per heavy atom. The maximum absolute atomic E-state index is 9.57. The Kier molecular flexibility index (Phi) is 3.76. The number of methoxy groups -OCH3 is 1. The molecule has 0 aliphatic heterocycles. The molecule has 0 aliphatic carbocycles. The number of phenols is 1. The quantitative estimate of drug-likeness (QED) is 0.884. The Labute approximate surface area is 112 Å². The summed E-state index contributed by atoms with van der Waals surface area (Å²) in [5.41, 5.74) is 8.37. The molecular weight excluding hydrogens is 242 g/mol. The third-order valence-electron chi connectivity index (χ3n) is 2.99. The van der Waals surface area contributed by atoms with Crippen LogP contribution in [-0.4, -0.2) is 22.0 Å². The second-order valence-corrected chi connectivity index (χ2v) is 4.66. The summed E-state index contributed by atoms with van der Waals surface area (Å²) in [6.45, 7) is 4.50. The van der Waals surface area contributed by atoms with Crippen molar-refractivity contribution in [3.05, 3.63) is 35.5 Å². The van der Waals surface area contributed by atoms with Crippen molar-refractivity contribution in [2.24, 2.45) is 5.73 Å². The Morgan fingerprint density at radius 3 is 2.68 bits per heavy atom. The van der Waals surface area contributed by atoms with Crippen molar-refractivity contribution in [2.75, 3.05) is 7.11 Å². The summed E-state index contributed by atoms with van der Waals surface area (Å²) in [7, 11) is 1.60. The van der Waals surface area contributed by atoms with Gasteiger partial charge < -0.3 is 15.6 Å². The number of aromatic nitrogens is 2. The molecule has 2 aromatic rings. The van der Waals surface area contributed by atoms with Crippen LogP contribution < -0.4 is 10.5 Å². The van der Waals surface area contributed by atoms with E-state index in [4.69, 9.17) is 10.5 Å². The van der Waals surface area contributed by atoms with Gasteiger partial charge in [0.2, 0.25) is 5.88 Å². The zero-order valence-corrected chi connectivity index (χ0v) is 11.4. The molecule has 0 saturated carbocycles. The third kappa shape index (κ3) is 2.42. The molecule has 0 unspecified atom stereocenters. The second-order valence-electron chi connectivity index (χ2n) is 4.66. The fourth-order valence-corrected chi connectivity index (χ4v) is 2.12. The molecule has 2 rings (SSSR count). The number of nitrogens with zero attached hydrogens (tertiary/aromatic N) is 2. The van der Waals surface area contributed by atoms with E-state index in [0.717, 1.165) is 16.9 Å². The summed E-state index contributed by atoms with van der Waals surface area (Å²) in [6, 6.07) is 6.88. The monoisotopic (exact) mass is 261 g/mol. The van der Waals surface area contributed by atoms with E-state index >= 15 is 0 Å². The minimum absolute atomic E-state index is 0.190. The molecule has 1 heterocycles. The largest absolute Gasteiger partial charge is 0.508 e. The minimum Gasteiger partial charge on any atom is -0.508 e. The predicted molar refractivity (Wildman–Crippen MR) is 73.8 cm³/mol. The van der Waals surface area contributed by atoms with Crippen LogP contribution in [0.25, 0.3) is 5.69 Å². The summed E-state index contributed by atoms with van der Waals surface area (Å²) in [6.07, 6.45) is 0. The molecule has 0 bridgehead atoms. The van der Waals surface area contributed by atoms with Gasteiger partial charge >= 0.3 is 0 Å². The average Bonchev–Trinajstić information content (AvgIpc) is 2.77. The minimum atomic E-state index is 0.190. The SMILES string of the molecule is COc1c(CN)c(C(C)C)nn1-c1cccc(O)c1. The van der Waals surface area contributed by atoms with Crippen LogP contribution >= 0.6 is 0 Å². The van der Waals surface area contributed by atoms with Gasteiger partial charge in [0.1, 0.15) is 5.75 Å². The van der Waals surface area contributed by atoms with Gasteiger partial charge in [0.25, 0.3) is 0 Å². The fourth-order valence-electron chi connectivity index (χ4n) is 2.12. The fraction of sp³-hybridized carbons (Fsp3) is 0.357. The van der Waals surface area contributed by atoms with Crippen LogP contribution in [0.15, 0.2) is 24.3 Å². The van der Waals surface area contributed by atoms with Gasteiger partial charge in [-0.15, -0.1) is 0 Å². The Bertz CT molecular complexity index is 576. The highest BCUT2D eigenvalue weighted by Gasteiger charge is 2.20. The van der Waals surface area contributed by atoms with E-state index in [1.807, 2.05) is 6.07 Å². The molecule has 0 spiro atoms. The topological polar surface area (TPSA) is 73.3 Å². The molecule has 0 saturated heterocycles. The lowest BCUT2D eigenvalue weighted by Crippen LogP contribution is -2.03. The molecule has 0 amide bonds. The van der Waals surface area contributed by atoms with Gasteiger partial charge in [-0.05, 0) is 18.1 Å². The van der Waals surface area contributed by atoms with Crippen molar-refractivity contribution in [1.29, 1.82) is 0 Å². The van der Waals surface area contributed by atoms with Gasteiger partial charge in [-0.3, -0.25) is 0 Å². The van der Waals surface area contributed by atoms with Crippen LogP contribution in [0.1, 0.15) is 31.0 Å². The second kappa shape index (κ2) is 5.32. The molecule has 0 radical (unpaired) electrons. The lowest BCUT2D eigenvalue weighted by Gasteiger charge is -2.07. The van der Waals surface area contributed by atoms with Crippen molar-refractivity contribution in [2.45, 2.75) is 26.3 Å². The first-order chi connectivity index (χ1) is 9.08. The van der Waals surface area contributed by atoms with Gasteiger partial charge in [0, 0.05) is 12.6 Å². The van der Waals surface area contributed by atoms with Crippen molar-refractivity contribution < 1.29 is 9.84 Å². The van der Waals surface area contributed by atoms with E-state index in [2.05, 4.69) is 18.9 Å². The van der Waals surface area contributed by atoms with Gasteiger partial charge in [-0.2, -0.15) is 5.10 Å². The molecule has 5 heteroatoms. The van der Waals surface area contributed by atoms with Gasteiger partial charge in [0.05, 0.1) is 24.1 Å². The van der Waals surface area contributed by atoms with E-state index < -0.39 is 0 Å². The predicted octanol–water partition coefficient (Wildman–Crippen LogP) is 2.17. The van der Waals surface area contributed by atoms with Gasteiger partial charge in [0.15, 0.2) is 0 Å². The number of nitrogens with two attached hydrogens (primary N) is 1. The maximum atomic E-state index is 9.57. The molecule has 5 nitrogen and oxygen atoms in total. The van der Waals surface area contributed by atoms with Gasteiger partial charge in [-0.1, -0.05) is 19.9 Å². The van der Waals surface area contributed by atoms with E-state index in [-0.39, 0.29) is 11.7 Å². The highest BCUT2D eigenvalue weighted by atomic mass is 16.5. The summed E-state index contributed by atoms with van der Waals surface area (Å²) in [4.78, 5) is 0. The first-order valence-corrected chi connectivity index (χ1v) is 6.23. The number of rotatable bonds is 4. The third-order valence-corrected chi connectivity index (χ3v) is 2.99. The molecule has 0 atom stereocenters. The zero-order valence-electron chi connectivity index (χ0n) is 11.4. The molecule has 0 aliphatic rings. The van der Waals surface area contributed by atoms with E-state index in [1.165, 1.54) is 0 Å². The van der Waals surface area contributed by atoms with Crippen molar-refractivity contribution >= 4 is 0 Å². The standard InChI is InChI=1S/C14H19N3O2/c1-9(2)13-12(8-15)14(19-3)17(16-13)10-5-4-6-11(18)7-10/h4-7,9,18H,8,15H2,1-3H3. The Hall–Kier alpha value is -2.01. The number of aromatic hydroxyl groups is 1. The number of ether oxygens (including phenoxy) is 1. The first kappa shape index (κ1) is 13.4. The lowest BCUT2D eigenvalue weighted by atomic mass is 10.1. The van der Waals surface area contributed by atoms with E-state index in [0.29, 0.717) is 12.4 Å². The first-order valence-electron chi connectivity index (χ1n) is 6.23. The smallest absolute Gasteiger partial charge is 0.221 e. The number of hydrogen-bond donors (Lipinski definition) is 2. The number of hydrogen-bond acceptors (Lipinski definition) is 4. The number of benzene rings is 1. The highest BCUT2D eigenvalue weighted by Crippen LogP contribution is 2.30. The zero-order chi connectivity index (χ0) is 14.0. The summed E-state index contributed by atoms with van der Waals surface area (Å²) in [5, 5.41) is 14.1. The lowest BCUT2D eigenvalue weighted by molar-refractivity contribution is 0.379.